The second-order valence-corrected chi connectivity index (χ2v) is 9.89. The predicted octanol–water partition coefficient (Wildman–Crippen LogP) is 2.82. The third-order valence-corrected chi connectivity index (χ3v) is 7.01. The largest absolute Gasteiger partial charge is 0.463 e. The minimum Gasteiger partial charge on any atom is -0.463 e. The molecular weight excluding hydrogens is 516 g/mol. The number of carbonyl (C=O) groups excluding carboxylic acids is 2. The molecule has 0 spiro atoms. The van der Waals surface area contributed by atoms with E-state index >= 15 is 0 Å². The zero-order valence-corrected chi connectivity index (χ0v) is 22.2. The molecule has 1 fully saturated rings. The molecule has 4 N–H and O–H groups in total. The molecule has 0 radical (unpaired) electrons. The van der Waals surface area contributed by atoms with E-state index in [1.807, 2.05) is 32.0 Å². The van der Waals surface area contributed by atoms with Gasteiger partial charge in [-0.3, -0.25) is 14.5 Å². The van der Waals surface area contributed by atoms with Crippen molar-refractivity contribution in [2.24, 2.45) is 5.73 Å². The van der Waals surface area contributed by atoms with Crippen molar-refractivity contribution in [1.82, 2.24) is 19.9 Å². The summed E-state index contributed by atoms with van der Waals surface area (Å²) in [5, 5.41) is 7.08. The number of nitrogens with two attached hydrogens (primary N) is 1. The van der Waals surface area contributed by atoms with Crippen molar-refractivity contribution in [2.45, 2.75) is 13.8 Å². The lowest BCUT2D eigenvalue weighted by Crippen LogP contribution is -2.47. The number of halogens is 1. The highest BCUT2D eigenvalue weighted by Gasteiger charge is 2.20. The Morgan fingerprint density at radius 1 is 1.19 bits per heavy atom. The van der Waals surface area contributed by atoms with Gasteiger partial charge in [-0.25, -0.2) is 15.0 Å². The van der Waals surface area contributed by atoms with Gasteiger partial charge < -0.3 is 26.0 Å². The number of ether oxygens (including phenoxy) is 1. The number of anilines is 4. The number of nitrogens with zero attached hydrogens (tertiary/aromatic N) is 5. The summed E-state index contributed by atoms with van der Waals surface area (Å²) in [6, 6.07) is 7.33. The average Bonchev–Trinajstić information content (AvgIpc) is 3.34. The van der Waals surface area contributed by atoms with E-state index in [0.717, 1.165) is 37.6 Å². The number of aryl methyl sites for hydroxylation is 2. The summed E-state index contributed by atoms with van der Waals surface area (Å²) in [7, 11) is 0. The highest BCUT2D eigenvalue weighted by atomic mass is 35.5. The van der Waals surface area contributed by atoms with Crippen LogP contribution in [0.5, 0.6) is 0 Å². The Balaban J connectivity index is 1.35. The molecule has 2 aromatic heterocycles. The van der Waals surface area contributed by atoms with Gasteiger partial charge in [-0.05, 0) is 25.5 Å². The quantitative estimate of drug-likeness (QED) is 0.344. The number of para-hydroxylation sites is 1. The first-order chi connectivity index (χ1) is 17.8. The first-order valence-electron chi connectivity index (χ1n) is 11.8. The first kappa shape index (κ1) is 26.7. The Labute approximate surface area is 224 Å². The summed E-state index contributed by atoms with van der Waals surface area (Å²) in [5.41, 5.74) is 6.73. The number of carbonyl (C=O) groups is 2. The van der Waals surface area contributed by atoms with Gasteiger partial charge in [0, 0.05) is 38.8 Å². The summed E-state index contributed by atoms with van der Waals surface area (Å²) < 4.78 is 5.07. The topological polar surface area (TPSA) is 139 Å². The lowest BCUT2D eigenvalue weighted by molar-refractivity contribution is -0.142. The number of nitrogens with one attached hydrogen (secondary N) is 2. The monoisotopic (exact) mass is 544 g/mol. The molecule has 37 heavy (non-hydrogen) atoms. The van der Waals surface area contributed by atoms with Gasteiger partial charge in [0.1, 0.15) is 28.9 Å². The van der Waals surface area contributed by atoms with Crippen LogP contribution >= 0.6 is 22.9 Å². The van der Waals surface area contributed by atoms with E-state index in [1.54, 1.807) is 6.07 Å². The van der Waals surface area contributed by atoms with Crippen LogP contribution < -0.4 is 21.3 Å². The SMILES string of the molecule is Cc1nc(Nc2ncc(C(=O)Nc3c(C)cccc3Cl)s2)cc(N2CCN(CCOC(=O)CN)CC2)n1. The minimum atomic E-state index is -0.390. The van der Waals surface area contributed by atoms with Crippen LogP contribution in [0.3, 0.4) is 0 Å². The van der Waals surface area contributed by atoms with Gasteiger partial charge in [0.25, 0.3) is 5.91 Å². The lowest BCUT2D eigenvalue weighted by atomic mass is 10.2. The fourth-order valence-corrected chi connectivity index (χ4v) is 4.83. The standard InChI is InChI=1S/C24H29ClN8O3S/c1-15-4-3-5-17(25)22(15)31-23(35)18-14-27-24(37-18)30-19-12-20(29-16(2)28-19)33-8-6-32(7-9-33)10-11-36-21(34)13-26/h3-5,12,14H,6-11,13,26H2,1-2H3,(H,31,35)(H,27,28,29,30). The van der Waals surface area contributed by atoms with Crippen molar-refractivity contribution in [3.8, 4) is 0 Å². The number of esters is 1. The molecule has 4 rings (SSSR count). The van der Waals surface area contributed by atoms with Gasteiger partial charge in [0.2, 0.25) is 0 Å². The minimum absolute atomic E-state index is 0.102. The molecule has 0 unspecified atom stereocenters. The number of thiazole rings is 1. The number of amides is 1. The van der Waals surface area contributed by atoms with Gasteiger partial charge in [0.05, 0.1) is 23.5 Å². The van der Waals surface area contributed by atoms with Crippen LogP contribution in [0.4, 0.5) is 22.5 Å². The van der Waals surface area contributed by atoms with Crippen molar-refractivity contribution in [3.05, 3.63) is 51.7 Å². The molecular formula is C24H29ClN8O3S. The highest BCUT2D eigenvalue weighted by molar-refractivity contribution is 7.17. The van der Waals surface area contributed by atoms with E-state index < -0.39 is 5.97 Å². The summed E-state index contributed by atoms with van der Waals surface area (Å²) in [6.45, 7) is 7.83. The summed E-state index contributed by atoms with van der Waals surface area (Å²) in [5.74, 6) is 1.37. The van der Waals surface area contributed by atoms with Crippen molar-refractivity contribution in [2.75, 3.05) is 61.4 Å². The number of hydrogen-bond acceptors (Lipinski definition) is 11. The zero-order chi connectivity index (χ0) is 26.4. The predicted molar refractivity (Wildman–Crippen MR) is 145 cm³/mol. The smallest absolute Gasteiger partial charge is 0.319 e. The molecule has 1 saturated heterocycles. The third-order valence-electron chi connectivity index (χ3n) is 5.78. The zero-order valence-electron chi connectivity index (χ0n) is 20.7. The van der Waals surface area contributed by atoms with Gasteiger partial charge in [-0.1, -0.05) is 35.1 Å². The van der Waals surface area contributed by atoms with E-state index in [-0.39, 0.29) is 12.5 Å². The van der Waals surface area contributed by atoms with Crippen LogP contribution in [0.25, 0.3) is 0 Å². The Morgan fingerprint density at radius 2 is 1.97 bits per heavy atom. The lowest BCUT2D eigenvalue weighted by Gasteiger charge is -2.35. The van der Waals surface area contributed by atoms with Crippen LogP contribution in [0.15, 0.2) is 30.5 Å². The first-order valence-corrected chi connectivity index (χ1v) is 13.0. The maximum atomic E-state index is 12.7. The average molecular weight is 545 g/mol. The molecule has 13 heteroatoms. The van der Waals surface area contributed by atoms with Gasteiger partial charge >= 0.3 is 5.97 Å². The Bertz CT molecular complexity index is 1240. The number of piperazine rings is 1. The summed E-state index contributed by atoms with van der Waals surface area (Å²) >= 11 is 7.46. The molecule has 3 heterocycles. The fraction of sp³-hybridized carbons (Fsp3) is 0.375. The van der Waals surface area contributed by atoms with Crippen molar-refractivity contribution in [1.29, 1.82) is 0 Å². The molecule has 11 nitrogen and oxygen atoms in total. The molecule has 1 aliphatic rings. The normalized spacial score (nSPS) is 13.9. The van der Waals surface area contributed by atoms with Crippen molar-refractivity contribution >= 4 is 57.3 Å². The molecule has 0 bridgehead atoms. The highest BCUT2D eigenvalue weighted by Crippen LogP contribution is 2.28. The van der Waals surface area contributed by atoms with Crippen molar-refractivity contribution < 1.29 is 14.3 Å². The second-order valence-electron chi connectivity index (χ2n) is 8.45. The summed E-state index contributed by atoms with van der Waals surface area (Å²) in [6.07, 6.45) is 1.52. The molecule has 196 valence electrons. The van der Waals surface area contributed by atoms with Crippen LogP contribution in [-0.4, -0.2) is 77.6 Å². The fourth-order valence-electron chi connectivity index (χ4n) is 3.84. The number of hydrogen-bond donors (Lipinski definition) is 3. The third kappa shape index (κ3) is 7.13. The maximum absolute atomic E-state index is 12.7. The van der Waals surface area contributed by atoms with E-state index in [4.69, 9.17) is 22.1 Å². The molecule has 0 saturated carbocycles. The Morgan fingerprint density at radius 3 is 2.70 bits per heavy atom. The van der Waals surface area contributed by atoms with E-state index in [1.165, 1.54) is 17.5 Å². The number of aromatic nitrogens is 3. The van der Waals surface area contributed by atoms with E-state index in [0.29, 0.717) is 45.5 Å². The van der Waals surface area contributed by atoms with Gasteiger partial charge in [0.15, 0.2) is 5.13 Å². The molecule has 1 aliphatic heterocycles. The molecule has 0 aliphatic carbocycles. The Hall–Kier alpha value is -3.32. The second kappa shape index (κ2) is 12.3. The van der Waals surface area contributed by atoms with Crippen molar-refractivity contribution in [3.63, 3.8) is 0 Å². The molecule has 3 aromatic rings. The van der Waals surface area contributed by atoms with Gasteiger partial charge in [-0.15, -0.1) is 0 Å². The number of rotatable bonds is 9. The molecule has 0 atom stereocenters. The van der Waals surface area contributed by atoms with Gasteiger partial charge in [-0.2, -0.15) is 0 Å². The molecule has 1 amide bonds. The van der Waals surface area contributed by atoms with E-state index in [9.17, 15) is 9.59 Å². The van der Waals surface area contributed by atoms with Crippen LogP contribution in [0.1, 0.15) is 21.1 Å². The van der Waals surface area contributed by atoms with Crippen LogP contribution in [-0.2, 0) is 9.53 Å². The van der Waals surface area contributed by atoms with E-state index in [2.05, 4.69) is 35.4 Å². The number of benzene rings is 1. The Kier molecular flexibility index (Phi) is 8.87. The summed E-state index contributed by atoms with van der Waals surface area (Å²) in [4.78, 5) is 42.2. The van der Waals surface area contributed by atoms with Crippen LogP contribution in [0, 0.1) is 13.8 Å². The van der Waals surface area contributed by atoms with Crippen LogP contribution in [0.2, 0.25) is 5.02 Å². The molecule has 1 aromatic carbocycles. The maximum Gasteiger partial charge on any atom is 0.319 e.